The summed E-state index contributed by atoms with van der Waals surface area (Å²) in [5.41, 5.74) is 8.24. The Morgan fingerprint density at radius 2 is 1.87 bits per heavy atom. The molecule has 0 aliphatic rings. The van der Waals surface area contributed by atoms with Gasteiger partial charge in [0.05, 0.1) is 5.52 Å². The van der Waals surface area contributed by atoms with Crippen LogP contribution in [-0.2, 0) is 0 Å². The summed E-state index contributed by atoms with van der Waals surface area (Å²) in [6, 6.07) is 10.5. The number of hydrogen-bond acceptors (Lipinski definition) is 2. The quantitative estimate of drug-likeness (QED) is 0.809. The Morgan fingerprint density at radius 1 is 1.13 bits per heavy atom. The van der Waals surface area contributed by atoms with E-state index >= 15 is 0 Å². The molecule has 2 rings (SSSR count). The number of fused-ring (bicyclic) bond motifs is 1. The maximum absolute atomic E-state index is 5.93. The molecule has 2 heteroatoms. The van der Waals surface area contributed by atoms with Crippen LogP contribution in [0, 0.1) is 0 Å². The summed E-state index contributed by atoms with van der Waals surface area (Å²) in [4.78, 5) is 4.43. The molecule has 78 valence electrons. The van der Waals surface area contributed by atoms with Gasteiger partial charge in [0.25, 0.3) is 0 Å². The van der Waals surface area contributed by atoms with E-state index in [1.165, 1.54) is 10.9 Å². The normalized spacial score (nSPS) is 15.1. The molecule has 1 heterocycles. The maximum Gasteiger partial charge on any atom is 0.0737 e. The van der Waals surface area contributed by atoms with Gasteiger partial charge in [-0.2, -0.15) is 0 Å². The first-order valence-corrected chi connectivity index (χ1v) is 5.29. The zero-order valence-electron chi connectivity index (χ0n) is 9.14. The topological polar surface area (TPSA) is 38.9 Å². The Kier molecular flexibility index (Phi) is 2.69. The van der Waals surface area contributed by atoms with E-state index in [0.717, 1.165) is 5.52 Å². The number of hydrogen-bond donors (Lipinski definition) is 1. The molecule has 2 N–H and O–H groups in total. The second-order valence-electron chi connectivity index (χ2n) is 4.07. The van der Waals surface area contributed by atoms with Gasteiger partial charge in [-0.05, 0) is 24.5 Å². The maximum atomic E-state index is 5.93. The molecule has 0 amide bonds. The van der Waals surface area contributed by atoms with E-state index in [2.05, 4.69) is 36.2 Å². The van der Waals surface area contributed by atoms with Gasteiger partial charge in [0, 0.05) is 17.6 Å². The smallest absolute Gasteiger partial charge is 0.0737 e. The lowest BCUT2D eigenvalue weighted by Crippen LogP contribution is -2.22. The summed E-state index contributed by atoms with van der Waals surface area (Å²) < 4.78 is 0. The number of nitrogens with zero attached hydrogens (tertiary/aromatic N) is 1. The molecule has 0 aliphatic carbocycles. The molecule has 1 aromatic carbocycles. The van der Waals surface area contributed by atoms with Gasteiger partial charge in [-0.3, -0.25) is 4.98 Å². The van der Waals surface area contributed by atoms with Gasteiger partial charge in [-0.15, -0.1) is 0 Å². The van der Waals surface area contributed by atoms with Crippen LogP contribution in [0.3, 0.4) is 0 Å². The summed E-state index contributed by atoms with van der Waals surface area (Å²) in [6.07, 6.45) is 1.83. The summed E-state index contributed by atoms with van der Waals surface area (Å²) in [5.74, 6) is 0.337. The molecule has 2 aromatic rings. The number of rotatable bonds is 2. The van der Waals surface area contributed by atoms with Crippen LogP contribution in [0.25, 0.3) is 10.9 Å². The van der Waals surface area contributed by atoms with Gasteiger partial charge in [0.15, 0.2) is 0 Å². The molecule has 2 atom stereocenters. The second kappa shape index (κ2) is 3.99. The van der Waals surface area contributed by atoms with Crippen LogP contribution in [0.5, 0.6) is 0 Å². The molecule has 1 aromatic heterocycles. The van der Waals surface area contributed by atoms with Crippen LogP contribution in [0.2, 0.25) is 0 Å². The van der Waals surface area contributed by atoms with Crippen molar-refractivity contribution in [2.45, 2.75) is 25.8 Å². The van der Waals surface area contributed by atoms with Gasteiger partial charge >= 0.3 is 0 Å². The number of pyridine rings is 1. The molecule has 0 radical (unpaired) electrons. The van der Waals surface area contributed by atoms with Crippen molar-refractivity contribution in [1.29, 1.82) is 0 Å². The minimum Gasteiger partial charge on any atom is -0.327 e. The van der Waals surface area contributed by atoms with E-state index in [9.17, 15) is 0 Å². The van der Waals surface area contributed by atoms with Crippen LogP contribution in [-0.4, -0.2) is 11.0 Å². The van der Waals surface area contributed by atoms with Crippen molar-refractivity contribution in [1.82, 2.24) is 4.98 Å². The Morgan fingerprint density at radius 3 is 2.60 bits per heavy atom. The highest BCUT2D eigenvalue weighted by Gasteiger charge is 2.13. The lowest BCUT2D eigenvalue weighted by Gasteiger charge is -2.17. The van der Waals surface area contributed by atoms with Crippen LogP contribution in [0.15, 0.2) is 36.5 Å². The van der Waals surface area contributed by atoms with E-state index in [-0.39, 0.29) is 6.04 Å². The first kappa shape index (κ1) is 10.1. The molecule has 0 aliphatic heterocycles. The zero-order valence-corrected chi connectivity index (χ0v) is 9.14. The zero-order chi connectivity index (χ0) is 10.8. The molecule has 0 saturated carbocycles. The van der Waals surface area contributed by atoms with Gasteiger partial charge in [-0.1, -0.05) is 31.2 Å². The van der Waals surface area contributed by atoms with Crippen LogP contribution < -0.4 is 5.73 Å². The van der Waals surface area contributed by atoms with Crippen molar-refractivity contribution in [2.75, 3.05) is 0 Å². The predicted octanol–water partition coefficient (Wildman–Crippen LogP) is 2.69. The van der Waals surface area contributed by atoms with E-state index in [4.69, 9.17) is 5.73 Å². The summed E-state index contributed by atoms with van der Waals surface area (Å²) in [6.45, 7) is 4.18. The highest BCUT2D eigenvalue weighted by molar-refractivity contribution is 5.82. The largest absolute Gasteiger partial charge is 0.327 e. The molecule has 0 fully saturated rings. The van der Waals surface area contributed by atoms with Crippen LogP contribution in [0.1, 0.15) is 25.3 Å². The number of aromatic nitrogens is 1. The Balaban J connectivity index is 2.60. The summed E-state index contributed by atoms with van der Waals surface area (Å²) in [5, 5.41) is 1.18. The third-order valence-corrected chi connectivity index (χ3v) is 2.94. The monoisotopic (exact) mass is 200 g/mol. The lowest BCUT2D eigenvalue weighted by atomic mass is 9.93. The number of para-hydroxylation sites is 1. The minimum atomic E-state index is 0.151. The Hall–Kier alpha value is -1.41. The highest BCUT2D eigenvalue weighted by Crippen LogP contribution is 2.25. The molecule has 0 bridgehead atoms. The van der Waals surface area contributed by atoms with Crippen LogP contribution >= 0.6 is 0 Å². The summed E-state index contributed by atoms with van der Waals surface area (Å²) >= 11 is 0. The van der Waals surface area contributed by atoms with E-state index in [0.29, 0.717) is 5.92 Å². The first-order chi connectivity index (χ1) is 7.20. The van der Waals surface area contributed by atoms with Crippen molar-refractivity contribution in [3.63, 3.8) is 0 Å². The van der Waals surface area contributed by atoms with Crippen molar-refractivity contribution < 1.29 is 0 Å². The van der Waals surface area contributed by atoms with Gasteiger partial charge in [0.1, 0.15) is 0 Å². The SMILES string of the molecule is CC(N)C(C)c1cccc2cccnc12. The van der Waals surface area contributed by atoms with Crippen molar-refractivity contribution in [3.05, 3.63) is 42.1 Å². The van der Waals surface area contributed by atoms with Crippen molar-refractivity contribution >= 4 is 10.9 Å². The number of nitrogens with two attached hydrogens (primary N) is 1. The van der Waals surface area contributed by atoms with E-state index in [1.54, 1.807) is 0 Å². The van der Waals surface area contributed by atoms with E-state index in [1.807, 2.05) is 19.2 Å². The van der Waals surface area contributed by atoms with E-state index < -0.39 is 0 Å². The first-order valence-electron chi connectivity index (χ1n) is 5.29. The van der Waals surface area contributed by atoms with Gasteiger partial charge in [-0.25, -0.2) is 0 Å². The molecule has 2 nitrogen and oxygen atoms in total. The van der Waals surface area contributed by atoms with Gasteiger partial charge in [0.2, 0.25) is 0 Å². The second-order valence-corrected chi connectivity index (χ2v) is 4.07. The minimum absolute atomic E-state index is 0.151. The van der Waals surface area contributed by atoms with Crippen molar-refractivity contribution in [2.24, 2.45) is 5.73 Å². The molecule has 2 unspecified atom stereocenters. The third-order valence-electron chi connectivity index (χ3n) is 2.94. The molecule has 0 saturated heterocycles. The fourth-order valence-corrected chi connectivity index (χ4v) is 1.78. The molecular weight excluding hydrogens is 184 g/mol. The molecule has 0 spiro atoms. The Bertz CT molecular complexity index is 458. The average Bonchev–Trinajstić information content (AvgIpc) is 2.27. The fraction of sp³-hybridized carbons (Fsp3) is 0.308. The molecular formula is C13H16N2. The standard InChI is InChI=1S/C13H16N2/c1-9(10(2)14)12-7-3-5-11-6-4-8-15-13(11)12/h3-10H,14H2,1-2H3. The third kappa shape index (κ3) is 1.85. The van der Waals surface area contributed by atoms with Crippen molar-refractivity contribution in [3.8, 4) is 0 Å². The average molecular weight is 200 g/mol. The molecule has 15 heavy (non-hydrogen) atoms. The fourth-order valence-electron chi connectivity index (χ4n) is 1.78. The highest BCUT2D eigenvalue weighted by atomic mass is 14.7. The van der Waals surface area contributed by atoms with Crippen LogP contribution in [0.4, 0.5) is 0 Å². The predicted molar refractivity (Wildman–Crippen MR) is 63.8 cm³/mol. The number of benzene rings is 1. The van der Waals surface area contributed by atoms with Gasteiger partial charge < -0.3 is 5.73 Å². The Labute approximate surface area is 90.1 Å². The summed E-state index contributed by atoms with van der Waals surface area (Å²) in [7, 11) is 0. The lowest BCUT2D eigenvalue weighted by molar-refractivity contribution is 0.616.